The lowest BCUT2D eigenvalue weighted by Crippen LogP contribution is -2.46. The average Bonchev–Trinajstić information content (AvgIpc) is 2.42. The van der Waals surface area contributed by atoms with Crippen molar-refractivity contribution in [2.45, 2.75) is 18.6 Å². The third kappa shape index (κ3) is 4.68. The molecule has 1 aliphatic heterocycles. The van der Waals surface area contributed by atoms with Crippen LogP contribution in [0, 0.1) is 11.6 Å². The lowest BCUT2D eigenvalue weighted by molar-refractivity contribution is -0.149. The van der Waals surface area contributed by atoms with Crippen molar-refractivity contribution in [3.05, 3.63) is 34.4 Å². The number of alkyl halides is 3. The first-order chi connectivity index (χ1) is 9.79. The highest BCUT2D eigenvalue weighted by Gasteiger charge is 2.38. The zero-order valence-electron chi connectivity index (χ0n) is 11.4. The molecule has 126 valence electrons. The summed E-state index contributed by atoms with van der Waals surface area (Å²) in [4.78, 5) is 1.48. The normalized spacial score (nSPS) is 17.9. The van der Waals surface area contributed by atoms with Gasteiger partial charge in [0.2, 0.25) is 0 Å². The van der Waals surface area contributed by atoms with Gasteiger partial charge in [-0.2, -0.15) is 13.2 Å². The third-order valence-corrected chi connectivity index (χ3v) is 3.81. The zero-order valence-corrected chi connectivity index (χ0v) is 13.0. The van der Waals surface area contributed by atoms with Gasteiger partial charge in [-0.25, -0.2) is 8.78 Å². The first kappa shape index (κ1) is 19.4. The fraction of sp³-hybridized carbons (Fsp3) is 0.538. The van der Waals surface area contributed by atoms with E-state index < -0.39 is 40.9 Å². The van der Waals surface area contributed by atoms with Gasteiger partial charge in [-0.1, -0.05) is 11.6 Å². The van der Waals surface area contributed by atoms with Crippen LogP contribution in [0.15, 0.2) is 12.1 Å². The van der Waals surface area contributed by atoms with E-state index in [1.807, 2.05) is 0 Å². The molecular formula is C13H15Cl2F5N2. The SMILES string of the molecule is Cl.Fc1ccc(F)c([C@H](CC(F)(F)F)N2CCNCC2)c1Cl. The number of hydrogen-bond donors (Lipinski definition) is 1. The summed E-state index contributed by atoms with van der Waals surface area (Å²) in [6.07, 6.45) is -5.77. The fourth-order valence-electron chi connectivity index (χ4n) is 2.47. The molecule has 1 heterocycles. The topological polar surface area (TPSA) is 15.3 Å². The van der Waals surface area contributed by atoms with Crippen LogP contribution in [0.5, 0.6) is 0 Å². The van der Waals surface area contributed by atoms with Gasteiger partial charge in [0.1, 0.15) is 11.6 Å². The maximum Gasteiger partial charge on any atom is 0.390 e. The van der Waals surface area contributed by atoms with Gasteiger partial charge in [-0.05, 0) is 12.1 Å². The van der Waals surface area contributed by atoms with Gasteiger partial charge >= 0.3 is 6.18 Å². The number of hydrogen-bond acceptors (Lipinski definition) is 2. The predicted molar refractivity (Wildman–Crippen MR) is 76.5 cm³/mol. The molecule has 2 nitrogen and oxygen atoms in total. The molecule has 22 heavy (non-hydrogen) atoms. The van der Waals surface area contributed by atoms with E-state index in [-0.39, 0.29) is 12.4 Å². The highest BCUT2D eigenvalue weighted by atomic mass is 35.5. The summed E-state index contributed by atoms with van der Waals surface area (Å²) in [5.74, 6) is -1.84. The first-order valence-corrected chi connectivity index (χ1v) is 6.82. The Morgan fingerprint density at radius 1 is 1.14 bits per heavy atom. The van der Waals surface area contributed by atoms with Crippen LogP contribution in [0.1, 0.15) is 18.0 Å². The molecule has 0 spiro atoms. The number of piperazine rings is 1. The Morgan fingerprint density at radius 3 is 2.23 bits per heavy atom. The van der Waals surface area contributed by atoms with E-state index >= 15 is 0 Å². The van der Waals surface area contributed by atoms with Crippen LogP contribution in [0.3, 0.4) is 0 Å². The van der Waals surface area contributed by atoms with Gasteiger partial charge in [0.25, 0.3) is 0 Å². The second-order valence-corrected chi connectivity index (χ2v) is 5.26. The molecule has 1 aliphatic rings. The van der Waals surface area contributed by atoms with E-state index in [2.05, 4.69) is 5.32 Å². The van der Waals surface area contributed by atoms with E-state index in [0.29, 0.717) is 26.2 Å². The van der Waals surface area contributed by atoms with Crippen LogP contribution in [-0.4, -0.2) is 37.3 Å². The van der Waals surface area contributed by atoms with Crippen molar-refractivity contribution in [1.29, 1.82) is 0 Å². The molecule has 0 bridgehead atoms. The first-order valence-electron chi connectivity index (χ1n) is 6.44. The molecule has 0 aromatic heterocycles. The second-order valence-electron chi connectivity index (χ2n) is 4.88. The Balaban J connectivity index is 0.00000242. The Morgan fingerprint density at radius 2 is 1.68 bits per heavy atom. The quantitative estimate of drug-likeness (QED) is 0.645. The Labute approximate surface area is 136 Å². The molecule has 0 amide bonds. The number of rotatable bonds is 3. The second kappa shape index (κ2) is 7.77. The van der Waals surface area contributed by atoms with E-state index in [9.17, 15) is 22.0 Å². The number of benzene rings is 1. The maximum atomic E-state index is 13.9. The minimum Gasteiger partial charge on any atom is -0.314 e. The largest absolute Gasteiger partial charge is 0.390 e. The number of nitrogens with one attached hydrogen (secondary N) is 1. The summed E-state index contributed by atoms with van der Waals surface area (Å²) in [6, 6.07) is 0.293. The van der Waals surface area contributed by atoms with Crippen LogP contribution in [0.2, 0.25) is 5.02 Å². The number of nitrogens with zero attached hydrogens (tertiary/aromatic N) is 1. The molecule has 2 rings (SSSR count). The fourth-order valence-corrected chi connectivity index (χ4v) is 2.75. The monoisotopic (exact) mass is 364 g/mol. The lowest BCUT2D eigenvalue weighted by atomic mass is 9.99. The lowest BCUT2D eigenvalue weighted by Gasteiger charge is -2.36. The van der Waals surface area contributed by atoms with Crippen molar-refractivity contribution >= 4 is 24.0 Å². The van der Waals surface area contributed by atoms with Crippen molar-refractivity contribution < 1.29 is 22.0 Å². The van der Waals surface area contributed by atoms with Crippen LogP contribution in [-0.2, 0) is 0 Å². The van der Waals surface area contributed by atoms with Gasteiger partial charge < -0.3 is 5.32 Å². The Kier molecular flexibility index (Phi) is 6.85. The smallest absolute Gasteiger partial charge is 0.314 e. The van der Waals surface area contributed by atoms with Crippen molar-refractivity contribution in [3.63, 3.8) is 0 Å². The predicted octanol–water partition coefficient (Wildman–Crippen LogP) is 3.94. The van der Waals surface area contributed by atoms with Crippen LogP contribution >= 0.6 is 24.0 Å². The molecular weight excluding hydrogens is 350 g/mol. The summed E-state index contributed by atoms with van der Waals surface area (Å²) in [5.41, 5.74) is -0.420. The van der Waals surface area contributed by atoms with Gasteiger partial charge in [0, 0.05) is 37.8 Å². The minimum atomic E-state index is -4.50. The molecule has 1 aromatic rings. The third-order valence-electron chi connectivity index (χ3n) is 3.43. The molecule has 0 unspecified atom stereocenters. The molecule has 0 aliphatic carbocycles. The minimum absolute atomic E-state index is 0. The molecule has 1 aromatic carbocycles. The van der Waals surface area contributed by atoms with Crippen LogP contribution in [0.4, 0.5) is 22.0 Å². The van der Waals surface area contributed by atoms with Gasteiger partial charge in [-0.3, -0.25) is 4.90 Å². The average molecular weight is 365 g/mol. The summed E-state index contributed by atoms with van der Waals surface area (Å²) >= 11 is 5.72. The molecule has 1 saturated heterocycles. The van der Waals surface area contributed by atoms with Crippen LogP contribution < -0.4 is 5.32 Å². The zero-order chi connectivity index (χ0) is 15.6. The van der Waals surface area contributed by atoms with Crippen molar-refractivity contribution in [2.24, 2.45) is 0 Å². The molecule has 1 fully saturated rings. The van der Waals surface area contributed by atoms with E-state index in [0.717, 1.165) is 12.1 Å². The van der Waals surface area contributed by atoms with Gasteiger partial charge in [-0.15, -0.1) is 12.4 Å². The van der Waals surface area contributed by atoms with E-state index in [1.165, 1.54) is 4.90 Å². The van der Waals surface area contributed by atoms with Gasteiger partial charge in [0.05, 0.1) is 11.4 Å². The molecule has 0 radical (unpaired) electrons. The van der Waals surface area contributed by atoms with Crippen molar-refractivity contribution in [3.8, 4) is 0 Å². The van der Waals surface area contributed by atoms with Gasteiger partial charge in [0.15, 0.2) is 0 Å². The van der Waals surface area contributed by atoms with E-state index in [4.69, 9.17) is 11.6 Å². The summed E-state index contributed by atoms with van der Waals surface area (Å²) in [6.45, 7) is 1.60. The summed E-state index contributed by atoms with van der Waals surface area (Å²) < 4.78 is 65.9. The van der Waals surface area contributed by atoms with Crippen molar-refractivity contribution in [2.75, 3.05) is 26.2 Å². The molecule has 0 saturated carbocycles. The summed E-state index contributed by atoms with van der Waals surface area (Å²) in [5, 5.41) is 2.42. The van der Waals surface area contributed by atoms with Crippen LogP contribution in [0.25, 0.3) is 0 Å². The van der Waals surface area contributed by atoms with Crippen molar-refractivity contribution in [1.82, 2.24) is 10.2 Å². The molecule has 1 atom stereocenters. The van der Waals surface area contributed by atoms with E-state index in [1.54, 1.807) is 0 Å². The molecule has 1 N–H and O–H groups in total. The molecule has 9 heteroatoms. The maximum absolute atomic E-state index is 13.9. The number of halogens is 7. The Hall–Kier alpha value is -0.630. The highest BCUT2D eigenvalue weighted by molar-refractivity contribution is 6.31. The standard InChI is InChI=1S/C13H14ClF5N2.ClH/c14-12-9(16)2-1-8(15)11(12)10(7-13(17,18)19)21-5-3-20-4-6-21;/h1-2,10,20H,3-7H2;1H/t10-;/m0./s1. The Bertz CT molecular complexity index is 504. The summed E-state index contributed by atoms with van der Waals surface area (Å²) in [7, 11) is 0. The highest BCUT2D eigenvalue weighted by Crippen LogP contribution is 2.39.